The SMILES string of the molecule is Cc1c(C(=O)NCCN2CCCC[C@H]2C)nnn1C1CCNCC1. The Hall–Kier alpha value is -1.47. The Morgan fingerprint density at radius 2 is 2.08 bits per heavy atom. The van der Waals surface area contributed by atoms with Crippen LogP contribution in [0.4, 0.5) is 0 Å². The zero-order valence-corrected chi connectivity index (χ0v) is 14.9. The van der Waals surface area contributed by atoms with Gasteiger partial charge >= 0.3 is 0 Å². The summed E-state index contributed by atoms with van der Waals surface area (Å²) >= 11 is 0. The van der Waals surface area contributed by atoms with E-state index in [4.69, 9.17) is 0 Å². The Kier molecular flexibility index (Phi) is 5.84. The van der Waals surface area contributed by atoms with E-state index < -0.39 is 0 Å². The molecule has 0 spiro atoms. The molecule has 3 heterocycles. The van der Waals surface area contributed by atoms with Gasteiger partial charge in [0.25, 0.3) is 5.91 Å². The van der Waals surface area contributed by atoms with Gasteiger partial charge in [-0.1, -0.05) is 11.6 Å². The molecule has 3 rings (SSSR count). The normalized spacial score (nSPS) is 23.3. The monoisotopic (exact) mass is 334 g/mol. The molecule has 1 atom stereocenters. The number of nitrogens with zero attached hydrogens (tertiary/aromatic N) is 4. The number of rotatable bonds is 5. The van der Waals surface area contributed by atoms with Gasteiger partial charge in [0.1, 0.15) is 0 Å². The molecule has 2 aliphatic rings. The molecular formula is C17H30N6O. The van der Waals surface area contributed by atoms with Gasteiger partial charge in [-0.3, -0.25) is 9.69 Å². The lowest BCUT2D eigenvalue weighted by atomic mass is 10.0. The largest absolute Gasteiger partial charge is 0.349 e. The molecular weight excluding hydrogens is 304 g/mol. The maximum atomic E-state index is 12.4. The Labute approximate surface area is 144 Å². The van der Waals surface area contributed by atoms with Crippen molar-refractivity contribution < 1.29 is 4.79 Å². The number of likely N-dealkylation sites (tertiary alicyclic amines) is 1. The van der Waals surface area contributed by atoms with E-state index in [9.17, 15) is 4.79 Å². The molecule has 2 N–H and O–H groups in total. The summed E-state index contributed by atoms with van der Waals surface area (Å²) in [7, 11) is 0. The van der Waals surface area contributed by atoms with Gasteiger partial charge < -0.3 is 10.6 Å². The zero-order chi connectivity index (χ0) is 16.9. The number of hydrogen-bond donors (Lipinski definition) is 2. The van der Waals surface area contributed by atoms with Gasteiger partial charge in [-0.2, -0.15) is 0 Å². The third-order valence-electron chi connectivity index (χ3n) is 5.42. The lowest BCUT2D eigenvalue weighted by molar-refractivity contribution is 0.0932. The average Bonchev–Trinajstić information content (AvgIpc) is 2.99. The second kappa shape index (κ2) is 8.07. The maximum absolute atomic E-state index is 12.4. The first-order chi connectivity index (χ1) is 11.7. The van der Waals surface area contributed by atoms with Gasteiger partial charge in [0.05, 0.1) is 11.7 Å². The summed E-state index contributed by atoms with van der Waals surface area (Å²) in [4.78, 5) is 14.9. The lowest BCUT2D eigenvalue weighted by Crippen LogP contribution is -2.42. The van der Waals surface area contributed by atoms with E-state index in [1.165, 1.54) is 19.3 Å². The van der Waals surface area contributed by atoms with E-state index in [0.717, 1.165) is 44.7 Å². The molecule has 24 heavy (non-hydrogen) atoms. The second-order valence-electron chi connectivity index (χ2n) is 7.09. The number of piperidine rings is 2. The molecule has 0 unspecified atom stereocenters. The number of aromatic nitrogens is 3. The van der Waals surface area contributed by atoms with Crippen molar-refractivity contribution in [1.29, 1.82) is 0 Å². The van der Waals surface area contributed by atoms with Crippen LogP contribution < -0.4 is 10.6 Å². The number of carbonyl (C=O) groups excluding carboxylic acids is 1. The number of carbonyl (C=O) groups is 1. The molecule has 0 aromatic carbocycles. The number of amides is 1. The molecule has 1 aromatic heterocycles. The minimum Gasteiger partial charge on any atom is -0.349 e. The smallest absolute Gasteiger partial charge is 0.273 e. The van der Waals surface area contributed by atoms with Crippen LogP contribution in [0.3, 0.4) is 0 Å². The lowest BCUT2D eigenvalue weighted by Gasteiger charge is -2.33. The van der Waals surface area contributed by atoms with E-state index >= 15 is 0 Å². The van der Waals surface area contributed by atoms with Crippen molar-refractivity contribution in [2.75, 3.05) is 32.7 Å². The van der Waals surface area contributed by atoms with Crippen LogP contribution in [0, 0.1) is 6.92 Å². The van der Waals surface area contributed by atoms with Crippen LogP contribution in [-0.2, 0) is 0 Å². The average molecular weight is 334 g/mol. The fourth-order valence-corrected chi connectivity index (χ4v) is 3.84. The van der Waals surface area contributed by atoms with Crippen LogP contribution in [0.2, 0.25) is 0 Å². The van der Waals surface area contributed by atoms with Crippen molar-refractivity contribution in [3.05, 3.63) is 11.4 Å². The van der Waals surface area contributed by atoms with Crippen LogP contribution >= 0.6 is 0 Å². The summed E-state index contributed by atoms with van der Waals surface area (Å²) in [6.45, 7) is 8.94. The van der Waals surface area contributed by atoms with E-state index in [2.05, 4.69) is 32.8 Å². The fraction of sp³-hybridized carbons (Fsp3) is 0.824. The molecule has 1 amide bonds. The number of hydrogen-bond acceptors (Lipinski definition) is 5. The minimum absolute atomic E-state index is 0.0997. The summed E-state index contributed by atoms with van der Waals surface area (Å²) in [5, 5.41) is 14.7. The highest BCUT2D eigenvalue weighted by molar-refractivity contribution is 5.93. The predicted octanol–water partition coefficient (Wildman–Crippen LogP) is 1.12. The third-order valence-corrected chi connectivity index (χ3v) is 5.42. The molecule has 0 aliphatic carbocycles. The molecule has 2 saturated heterocycles. The van der Waals surface area contributed by atoms with Gasteiger partial charge in [0.15, 0.2) is 5.69 Å². The van der Waals surface area contributed by atoms with Crippen LogP contribution in [-0.4, -0.2) is 64.6 Å². The van der Waals surface area contributed by atoms with Gasteiger partial charge in [-0.15, -0.1) is 5.10 Å². The van der Waals surface area contributed by atoms with Gasteiger partial charge in [0.2, 0.25) is 0 Å². The first-order valence-electron chi connectivity index (χ1n) is 9.31. The highest BCUT2D eigenvalue weighted by Crippen LogP contribution is 2.20. The fourth-order valence-electron chi connectivity index (χ4n) is 3.84. The van der Waals surface area contributed by atoms with Crippen molar-refractivity contribution >= 4 is 5.91 Å². The predicted molar refractivity (Wildman–Crippen MR) is 93.1 cm³/mol. The van der Waals surface area contributed by atoms with E-state index in [1.807, 2.05) is 11.6 Å². The molecule has 2 fully saturated rings. The van der Waals surface area contributed by atoms with Crippen molar-refractivity contribution in [3.63, 3.8) is 0 Å². The van der Waals surface area contributed by atoms with Gasteiger partial charge in [-0.25, -0.2) is 4.68 Å². The topological polar surface area (TPSA) is 75.1 Å². The molecule has 134 valence electrons. The van der Waals surface area contributed by atoms with E-state index in [1.54, 1.807) is 0 Å². The first-order valence-corrected chi connectivity index (χ1v) is 9.31. The standard InChI is InChI=1S/C17H30N6O/c1-13-5-3-4-11-22(13)12-10-19-17(24)16-14(2)23(21-20-16)15-6-8-18-9-7-15/h13,15,18H,3-12H2,1-2H3,(H,19,24)/t13-/m1/s1. The van der Waals surface area contributed by atoms with Crippen molar-refractivity contribution in [1.82, 2.24) is 30.5 Å². The highest BCUT2D eigenvalue weighted by atomic mass is 16.2. The quantitative estimate of drug-likeness (QED) is 0.844. The molecule has 0 radical (unpaired) electrons. The van der Waals surface area contributed by atoms with Crippen molar-refractivity contribution in [2.24, 2.45) is 0 Å². The van der Waals surface area contributed by atoms with Crippen LogP contribution in [0.5, 0.6) is 0 Å². The molecule has 2 aliphatic heterocycles. The summed E-state index contributed by atoms with van der Waals surface area (Å²) in [5.41, 5.74) is 1.35. The molecule has 0 bridgehead atoms. The van der Waals surface area contributed by atoms with Crippen LogP contribution in [0.1, 0.15) is 61.3 Å². The van der Waals surface area contributed by atoms with Crippen molar-refractivity contribution in [3.8, 4) is 0 Å². The summed E-state index contributed by atoms with van der Waals surface area (Å²) in [5.74, 6) is -0.0997. The van der Waals surface area contributed by atoms with Crippen molar-refractivity contribution in [2.45, 2.75) is 58.0 Å². The Bertz CT molecular complexity index is 551. The van der Waals surface area contributed by atoms with E-state index in [-0.39, 0.29) is 5.91 Å². The third kappa shape index (κ3) is 3.95. The van der Waals surface area contributed by atoms with Gasteiger partial charge in [-0.05, 0) is 59.2 Å². The molecule has 7 heteroatoms. The summed E-state index contributed by atoms with van der Waals surface area (Å²) in [6, 6.07) is 0.979. The molecule has 7 nitrogen and oxygen atoms in total. The van der Waals surface area contributed by atoms with E-state index in [0.29, 0.717) is 24.3 Å². The van der Waals surface area contributed by atoms with Crippen LogP contribution in [0.25, 0.3) is 0 Å². The Morgan fingerprint density at radius 3 is 2.83 bits per heavy atom. The minimum atomic E-state index is -0.0997. The molecule has 0 saturated carbocycles. The van der Waals surface area contributed by atoms with Gasteiger partial charge in [0, 0.05) is 19.1 Å². The summed E-state index contributed by atoms with van der Waals surface area (Å²) < 4.78 is 1.93. The molecule has 1 aromatic rings. The maximum Gasteiger partial charge on any atom is 0.273 e. The Balaban J connectivity index is 1.52. The number of nitrogens with one attached hydrogen (secondary N) is 2. The van der Waals surface area contributed by atoms with Crippen LogP contribution in [0.15, 0.2) is 0 Å². The Morgan fingerprint density at radius 1 is 1.29 bits per heavy atom. The summed E-state index contributed by atoms with van der Waals surface area (Å²) in [6.07, 6.45) is 5.93. The second-order valence-corrected chi connectivity index (χ2v) is 7.09. The highest BCUT2D eigenvalue weighted by Gasteiger charge is 2.23. The zero-order valence-electron chi connectivity index (χ0n) is 14.9. The first kappa shape index (κ1) is 17.4.